The average Bonchev–Trinajstić information content (AvgIpc) is 2.40. The van der Waals surface area contributed by atoms with Gasteiger partial charge >= 0.3 is 0 Å². The molecular weight excluding hydrogens is 334 g/mol. The van der Waals surface area contributed by atoms with E-state index in [1.807, 2.05) is 35.3 Å². The van der Waals surface area contributed by atoms with E-state index >= 15 is 0 Å². The molecule has 6 heteroatoms. The maximum atomic E-state index is 6.01. The van der Waals surface area contributed by atoms with Crippen molar-refractivity contribution < 1.29 is 0 Å². The van der Waals surface area contributed by atoms with E-state index in [0.717, 1.165) is 10.3 Å². The maximum Gasteiger partial charge on any atom is 0.0883 e. The SMILES string of the molecule is CSC1CC(SC)(SC)c2cc(N)ccc2[SH]1C.Cl. The van der Waals surface area contributed by atoms with Gasteiger partial charge in [0.15, 0.2) is 0 Å². The lowest BCUT2D eigenvalue weighted by molar-refractivity contribution is 0.784. The highest BCUT2D eigenvalue weighted by molar-refractivity contribution is 8.27. The first-order chi connectivity index (χ1) is 8.57. The van der Waals surface area contributed by atoms with Crippen molar-refractivity contribution in [3.63, 3.8) is 0 Å². The largest absolute Gasteiger partial charge is 0.399 e. The Hall–Kier alpha value is 0.710. The lowest BCUT2D eigenvalue weighted by atomic mass is 10.1. The van der Waals surface area contributed by atoms with Crippen molar-refractivity contribution in [2.45, 2.75) is 20.0 Å². The van der Waals surface area contributed by atoms with Gasteiger partial charge in [0.25, 0.3) is 0 Å². The highest BCUT2D eigenvalue weighted by atomic mass is 35.5. The summed E-state index contributed by atoms with van der Waals surface area (Å²) in [6.07, 6.45) is 10.4. The lowest BCUT2D eigenvalue weighted by Crippen LogP contribution is -2.29. The third kappa shape index (κ3) is 3.15. The van der Waals surface area contributed by atoms with Gasteiger partial charge in [-0.25, -0.2) is 10.9 Å². The summed E-state index contributed by atoms with van der Waals surface area (Å²) in [7, 11) is -0.0725. The zero-order valence-corrected chi connectivity index (χ0v) is 15.8. The van der Waals surface area contributed by atoms with Gasteiger partial charge in [0.2, 0.25) is 0 Å². The zero-order valence-electron chi connectivity index (χ0n) is 11.7. The van der Waals surface area contributed by atoms with Gasteiger partial charge in [-0.3, -0.25) is 0 Å². The molecule has 0 aliphatic carbocycles. The van der Waals surface area contributed by atoms with Gasteiger partial charge in [-0.1, -0.05) is 0 Å². The Labute approximate surface area is 138 Å². The third-order valence-electron chi connectivity index (χ3n) is 3.62. The van der Waals surface area contributed by atoms with Gasteiger partial charge in [0, 0.05) is 10.3 Å². The van der Waals surface area contributed by atoms with Crippen molar-refractivity contribution in [3.8, 4) is 0 Å². The molecule has 1 aromatic rings. The summed E-state index contributed by atoms with van der Waals surface area (Å²) in [6.45, 7) is 0. The Bertz CT molecular complexity index is 437. The Kier molecular flexibility index (Phi) is 6.66. The van der Waals surface area contributed by atoms with Crippen LogP contribution in [0.4, 0.5) is 5.69 Å². The first kappa shape index (κ1) is 17.8. The molecule has 0 amide bonds. The second kappa shape index (κ2) is 7.12. The Morgan fingerprint density at radius 1 is 1.26 bits per heavy atom. The van der Waals surface area contributed by atoms with Crippen LogP contribution in [0, 0.1) is 0 Å². The molecule has 1 heterocycles. The summed E-state index contributed by atoms with van der Waals surface area (Å²) < 4.78 is 0.948. The van der Waals surface area contributed by atoms with Crippen molar-refractivity contribution in [1.29, 1.82) is 0 Å². The van der Waals surface area contributed by atoms with Gasteiger partial charge in [0.1, 0.15) is 0 Å². The second-order valence-corrected chi connectivity index (χ2v) is 10.6. The molecule has 1 aliphatic rings. The second-order valence-electron chi connectivity index (χ2n) is 4.44. The van der Waals surface area contributed by atoms with Crippen LogP contribution < -0.4 is 5.73 Å². The minimum absolute atomic E-state index is 0. The van der Waals surface area contributed by atoms with Gasteiger partial charge in [0.05, 0.1) is 4.08 Å². The minimum Gasteiger partial charge on any atom is -0.399 e. The number of benzene rings is 1. The van der Waals surface area contributed by atoms with Gasteiger partial charge in [-0.2, -0.15) is 11.8 Å². The van der Waals surface area contributed by atoms with Crippen LogP contribution in [-0.2, 0) is 4.08 Å². The Balaban J connectivity index is 0.00000180. The quantitative estimate of drug-likeness (QED) is 0.468. The average molecular weight is 356 g/mol. The predicted octanol–water partition coefficient (Wildman–Crippen LogP) is 4.65. The van der Waals surface area contributed by atoms with Crippen LogP contribution in [0.25, 0.3) is 0 Å². The van der Waals surface area contributed by atoms with Gasteiger partial charge < -0.3 is 5.73 Å². The summed E-state index contributed by atoms with van der Waals surface area (Å²) in [4.78, 5) is 1.55. The number of anilines is 1. The molecule has 2 rings (SSSR count). The number of hydrogen-bond acceptors (Lipinski definition) is 4. The summed E-state index contributed by atoms with van der Waals surface area (Å²) in [5.41, 5.74) is 8.38. The predicted molar refractivity (Wildman–Crippen MR) is 102 cm³/mol. The molecule has 2 unspecified atom stereocenters. The van der Waals surface area contributed by atoms with E-state index in [-0.39, 0.29) is 27.4 Å². The van der Waals surface area contributed by atoms with Crippen LogP contribution in [0.2, 0.25) is 0 Å². The normalized spacial score (nSPS) is 26.3. The molecule has 0 bridgehead atoms. The molecule has 110 valence electrons. The smallest absolute Gasteiger partial charge is 0.0883 e. The molecule has 0 saturated carbocycles. The number of nitrogens with two attached hydrogens (primary N) is 1. The van der Waals surface area contributed by atoms with Crippen molar-refractivity contribution in [3.05, 3.63) is 23.8 Å². The molecule has 2 atom stereocenters. The van der Waals surface area contributed by atoms with Crippen LogP contribution in [-0.4, -0.2) is 29.6 Å². The number of thioether (sulfide) groups is 3. The monoisotopic (exact) mass is 355 g/mol. The van der Waals surface area contributed by atoms with E-state index in [0.29, 0.717) is 0 Å². The van der Waals surface area contributed by atoms with E-state index in [4.69, 9.17) is 5.73 Å². The summed E-state index contributed by atoms with van der Waals surface area (Å²) >= 11 is 5.97. The highest BCUT2D eigenvalue weighted by Gasteiger charge is 2.41. The fraction of sp³-hybridized carbons (Fsp3) is 0.538. The van der Waals surface area contributed by atoms with E-state index in [1.54, 1.807) is 4.90 Å². The van der Waals surface area contributed by atoms with Crippen molar-refractivity contribution in [1.82, 2.24) is 0 Å². The molecule has 2 N–H and O–H groups in total. The third-order valence-corrected chi connectivity index (χ3v) is 11.2. The lowest BCUT2D eigenvalue weighted by Gasteiger charge is -2.44. The first-order valence-corrected chi connectivity index (χ1v) is 11.4. The molecule has 1 aliphatic heterocycles. The maximum absolute atomic E-state index is 6.01. The van der Waals surface area contributed by atoms with Gasteiger partial charge in [-0.15, -0.1) is 35.9 Å². The van der Waals surface area contributed by atoms with E-state index in [2.05, 4.69) is 43.2 Å². The molecular formula is C13H22ClNS4. The first-order valence-electron chi connectivity index (χ1n) is 5.84. The van der Waals surface area contributed by atoms with Crippen LogP contribution in [0.3, 0.4) is 0 Å². The van der Waals surface area contributed by atoms with Crippen LogP contribution in [0.5, 0.6) is 0 Å². The molecule has 19 heavy (non-hydrogen) atoms. The van der Waals surface area contributed by atoms with E-state index in [9.17, 15) is 0 Å². The number of rotatable bonds is 3. The minimum atomic E-state index is -0.0725. The molecule has 0 saturated heterocycles. The Morgan fingerprint density at radius 2 is 1.89 bits per heavy atom. The van der Waals surface area contributed by atoms with Crippen LogP contribution >= 0.6 is 58.6 Å². The van der Waals surface area contributed by atoms with Crippen LogP contribution in [0.1, 0.15) is 12.0 Å². The van der Waals surface area contributed by atoms with Crippen LogP contribution in [0.15, 0.2) is 23.1 Å². The van der Waals surface area contributed by atoms with Crippen molar-refractivity contribution in [2.24, 2.45) is 0 Å². The number of nitrogen functional groups attached to an aromatic ring is 1. The standard InChI is InChI=1S/C13H21NS4.ClH/c1-15-12-8-13(16-2,17-3)10-7-9(14)5-6-11(10)18(12)4;/h5-7,12,18H,8,14H2,1-4H3;1H. The number of hydrogen-bond donors (Lipinski definition) is 2. The molecule has 0 radical (unpaired) electrons. The van der Waals surface area contributed by atoms with Crippen molar-refractivity contribution in [2.75, 3.05) is 30.8 Å². The molecule has 0 aromatic heterocycles. The zero-order chi connectivity index (χ0) is 13.3. The Morgan fingerprint density at radius 3 is 2.42 bits per heavy atom. The molecule has 0 spiro atoms. The summed E-state index contributed by atoms with van der Waals surface area (Å²) in [5.74, 6) is 0. The van der Waals surface area contributed by atoms with E-state index in [1.165, 1.54) is 12.0 Å². The van der Waals surface area contributed by atoms with E-state index < -0.39 is 0 Å². The number of halogens is 1. The van der Waals surface area contributed by atoms with Crippen molar-refractivity contribution >= 4 is 64.3 Å². The molecule has 0 fully saturated rings. The number of thiol groups is 1. The highest BCUT2D eigenvalue weighted by Crippen LogP contribution is 2.62. The molecule has 1 aromatic carbocycles. The number of fused-ring (bicyclic) bond motifs is 1. The summed E-state index contributed by atoms with van der Waals surface area (Å²) in [5, 5.41) is 0. The fourth-order valence-electron chi connectivity index (χ4n) is 2.51. The fourth-order valence-corrected chi connectivity index (χ4v) is 9.06. The van der Waals surface area contributed by atoms with Gasteiger partial charge in [-0.05, 0) is 60.1 Å². The molecule has 1 nitrogen and oxygen atoms in total. The summed E-state index contributed by atoms with van der Waals surface area (Å²) in [6, 6.07) is 6.53. The topological polar surface area (TPSA) is 26.0 Å².